The number of aromatic nitrogens is 1. The second-order valence-corrected chi connectivity index (χ2v) is 7.82. The van der Waals surface area contributed by atoms with Gasteiger partial charge < -0.3 is 19.5 Å². The Morgan fingerprint density at radius 1 is 1.12 bits per heavy atom. The molecule has 1 aromatic heterocycles. The second kappa shape index (κ2) is 9.14. The number of hydrogen-bond donors (Lipinski definition) is 0. The summed E-state index contributed by atoms with van der Waals surface area (Å²) in [6.45, 7) is 2.35. The average molecular weight is 450 g/mol. The number of carboxylic acid groups (broad SMARTS) is 1. The molecule has 3 aromatic carbocycles. The molecular formula is C26H20FN2NaO3. The molecule has 0 saturated heterocycles. The molecule has 0 atom stereocenters. The van der Waals surface area contributed by atoms with Crippen molar-refractivity contribution in [3.05, 3.63) is 83.2 Å². The van der Waals surface area contributed by atoms with Crippen molar-refractivity contribution >= 4 is 28.4 Å². The number of aromatic carboxylic acids is 1. The zero-order valence-electron chi connectivity index (χ0n) is 18.7. The first-order chi connectivity index (χ1) is 15.5. The number of benzene rings is 3. The Labute approximate surface area is 213 Å². The number of methoxy groups -OCH3 is 1. The van der Waals surface area contributed by atoms with Gasteiger partial charge in [0.25, 0.3) is 0 Å². The van der Waals surface area contributed by atoms with Gasteiger partial charge in [0, 0.05) is 28.7 Å². The Morgan fingerprint density at radius 3 is 2.67 bits per heavy atom. The van der Waals surface area contributed by atoms with Gasteiger partial charge in [-0.05, 0) is 66.4 Å². The molecule has 1 aliphatic heterocycles. The summed E-state index contributed by atoms with van der Waals surface area (Å²) >= 11 is 0. The molecule has 7 heteroatoms. The molecule has 160 valence electrons. The van der Waals surface area contributed by atoms with Crippen LogP contribution in [0.4, 0.5) is 15.9 Å². The maximum Gasteiger partial charge on any atom is 1.00 e. The Morgan fingerprint density at radius 2 is 1.91 bits per heavy atom. The third kappa shape index (κ3) is 3.99. The molecule has 5 rings (SSSR count). The van der Waals surface area contributed by atoms with Crippen molar-refractivity contribution in [1.82, 2.24) is 4.98 Å². The third-order valence-electron chi connectivity index (χ3n) is 6.03. The second-order valence-electron chi connectivity index (χ2n) is 7.82. The van der Waals surface area contributed by atoms with Gasteiger partial charge in [0.1, 0.15) is 17.4 Å². The zero-order chi connectivity index (χ0) is 22.4. The fourth-order valence-corrected chi connectivity index (χ4v) is 4.56. The molecule has 0 fully saturated rings. The summed E-state index contributed by atoms with van der Waals surface area (Å²) in [7, 11) is 1.64. The smallest absolute Gasteiger partial charge is 0.545 e. The number of fused-ring (bicyclic) bond motifs is 2. The molecule has 4 aromatic rings. The van der Waals surface area contributed by atoms with Crippen LogP contribution in [0.1, 0.15) is 21.5 Å². The fourth-order valence-electron chi connectivity index (χ4n) is 4.56. The standard InChI is InChI=1S/C26H21FN2O3.Na/c1-15-24(26(30)31)21-14-17(27)9-10-22(21)28-25(15)29-12-11-20-19(7-4-8-23(20)29)16-5-3-6-18(13-16)32-2;/h3-10,13-14H,11-12H2,1-2H3,(H,30,31);/q;+1/p-1. The van der Waals surface area contributed by atoms with Crippen LogP contribution in [0.2, 0.25) is 0 Å². The number of ether oxygens (including phenoxy) is 1. The summed E-state index contributed by atoms with van der Waals surface area (Å²) < 4.78 is 19.2. The van der Waals surface area contributed by atoms with Crippen molar-refractivity contribution in [3.63, 3.8) is 0 Å². The van der Waals surface area contributed by atoms with Crippen LogP contribution in [0, 0.1) is 12.7 Å². The molecule has 0 N–H and O–H groups in total. The Bertz CT molecular complexity index is 1390. The van der Waals surface area contributed by atoms with Crippen molar-refractivity contribution in [3.8, 4) is 16.9 Å². The monoisotopic (exact) mass is 450 g/mol. The van der Waals surface area contributed by atoms with Crippen LogP contribution in [-0.4, -0.2) is 24.6 Å². The quantitative estimate of drug-likeness (QED) is 0.440. The number of hydrogen-bond acceptors (Lipinski definition) is 5. The van der Waals surface area contributed by atoms with Gasteiger partial charge in [-0.2, -0.15) is 0 Å². The van der Waals surface area contributed by atoms with E-state index in [-0.39, 0.29) is 40.5 Å². The number of carbonyl (C=O) groups is 1. The van der Waals surface area contributed by atoms with Crippen LogP contribution in [0.5, 0.6) is 5.75 Å². The SMILES string of the molecule is COc1cccc(-c2cccc3c2CCN3c2nc3ccc(F)cc3c(C(=O)[O-])c2C)c1.[Na+]. The Hall–Kier alpha value is -2.93. The van der Waals surface area contributed by atoms with Crippen LogP contribution in [-0.2, 0) is 6.42 Å². The summed E-state index contributed by atoms with van der Waals surface area (Å²) in [4.78, 5) is 18.7. The fraction of sp³-hybridized carbons (Fsp3) is 0.154. The summed E-state index contributed by atoms with van der Waals surface area (Å²) in [6, 6.07) is 18.0. The average Bonchev–Trinajstić information content (AvgIpc) is 3.22. The van der Waals surface area contributed by atoms with E-state index in [9.17, 15) is 14.3 Å². The van der Waals surface area contributed by atoms with E-state index in [1.54, 1.807) is 14.0 Å². The van der Waals surface area contributed by atoms with E-state index in [1.165, 1.54) is 18.2 Å². The number of anilines is 2. The van der Waals surface area contributed by atoms with Gasteiger partial charge in [0.15, 0.2) is 0 Å². The predicted octanol–water partition coefficient (Wildman–Crippen LogP) is 1.42. The van der Waals surface area contributed by atoms with E-state index < -0.39 is 11.8 Å². The molecule has 0 aliphatic carbocycles. The molecular weight excluding hydrogens is 430 g/mol. The van der Waals surface area contributed by atoms with Crippen LogP contribution >= 0.6 is 0 Å². The van der Waals surface area contributed by atoms with E-state index in [2.05, 4.69) is 6.07 Å². The summed E-state index contributed by atoms with van der Waals surface area (Å²) in [5, 5.41) is 12.2. The minimum atomic E-state index is -1.34. The first-order valence-corrected chi connectivity index (χ1v) is 10.3. The van der Waals surface area contributed by atoms with Gasteiger partial charge in [0.05, 0.1) is 18.6 Å². The van der Waals surface area contributed by atoms with Gasteiger partial charge in [-0.25, -0.2) is 9.37 Å². The van der Waals surface area contributed by atoms with Crippen molar-refractivity contribution < 1.29 is 48.6 Å². The van der Waals surface area contributed by atoms with Gasteiger partial charge >= 0.3 is 29.6 Å². The normalized spacial score (nSPS) is 12.4. The summed E-state index contributed by atoms with van der Waals surface area (Å²) in [5.74, 6) is -0.521. The Kier molecular flexibility index (Phi) is 6.43. The molecule has 5 nitrogen and oxygen atoms in total. The first-order valence-electron chi connectivity index (χ1n) is 10.3. The summed E-state index contributed by atoms with van der Waals surface area (Å²) in [5.41, 5.74) is 5.15. The molecule has 0 spiro atoms. The largest absolute Gasteiger partial charge is 1.00 e. The third-order valence-corrected chi connectivity index (χ3v) is 6.03. The number of rotatable bonds is 4. The molecule has 0 unspecified atom stereocenters. The summed E-state index contributed by atoms with van der Waals surface area (Å²) in [6.07, 6.45) is 0.784. The van der Waals surface area contributed by atoms with E-state index in [0.29, 0.717) is 23.4 Å². The zero-order valence-corrected chi connectivity index (χ0v) is 20.7. The molecule has 0 amide bonds. The first kappa shape index (κ1) is 23.2. The maximum absolute atomic E-state index is 13.8. The maximum atomic E-state index is 13.8. The van der Waals surface area contributed by atoms with Crippen molar-refractivity contribution in [2.45, 2.75) is 13.3 Å². The number of carboxylic acids is 1. The van der Waals surface area contributed by atoms with Crippen molar-refractivity contribution in [2.24, 2.45) is 0 Å². The predicted molar refractivity (Wildman–Crippen MR) is 120 cm³/mol. The number of pyridine rings is 1. The van der Waals surface area contributed by atoms with Crippen LogP contribution in [0.25, 0.3) is 22.0 Å². The number of nitrogens with zero attached hydrogens (tertiary/aromatic N) is 2. The van der Waals surface area contributed by atoms with E-state index >= 15 is 0 Å². The van der Waals surface area contributed by atoms with Crippen molar-refractivity contribution in [1.29, 1.82) is 0 Å². The van der Waals surface area contributed by atoms with Crippen LogP contribution in [0.15, 0.2) is 60.7 Å². The minimum Gasteiger partial charge on any atom is -0.545 e. The van der Waals surface area contributed by atoms with Gasteiger partial charge in [-0.15, -0.1) is 0 Å². The number of carbonyl (C=O) groups excluding carboxylic acids is 1. The van der Waals surface area contributed by atoms with Crippen molar-refractivity contribution in [2.75, 3.05) is 18.6 Å². The minimum absolute atomic E-state index is 0. The van der Waals surface area contributed by atoms with E-state index in [0.717, 1.165) is 34.5 Å². The van der Waals surface area contributed by atoms with E-state index in [1.807, 2.05) is 41.3 Å². The molecule has 2 heterocycles. The van der Waals surface area contributed by atoms with Crippen LogP contribution in [0.3, 0.4) is 0 Å². The van der Waals surface area contributed by atoms with Gasteiger partial charge in [0.2, 0.25) is 0 Å². The molecule has 0 radical (unpaired) electrons. The molecule has 0 saturated carbocycles. The van der Waals surface area contributed by atoms with E-state index in [4.69, 9.17) is 9.72 Å². The van der Waals surface area contributed by atoms with Gasteiger partial charge in [-0.1, -0.05) is 24.3 Å². The van der Waals surface area contributed by atoms with Crippen LogP contribution < -0.4 is 44.3 Å². The molecule has 1 aliphatic rings. The topological polar surface area (TPSA) is 65.5 Å². The Balaban J connectivity index is 0.00000259. The van der Waals surface area contributed by atoms with Gasteiger partial charge in [-0.3, -0.25) is 0 Å². The number of halogens is 1. The molecule has 0 bridgehead atoms. The molecule has 33 heavy (non-hydrogen) atoms.